The quantitative estimate of drug-likeness (QED) is 0.285. The lowest BCUT2D eigenvalue weighted by Crippen LogP contribution is -2.74. The molecule has 8 heteroatoms. The third-order valence-electron chi connectivity index (χ3n) is 11.1. The minimum atomic E-state index is -1.00. The number of likely N-dealkylation sites (tertiary alicyclic amines) is 1. The molecule has 2 bridgehead atoms. The van der Waals surface area contributed by atoms with Crippen LogP contribution >= 0.6 is 0 Å². The number of rotatable bonds is 7. The van der Waals surface area contributed by atoms with Crippen LogP contribution in [0.2, 0.25) is 0 Å². The molecule has 3 aliphatic carbocycles. The Morgan fingerprint density at radius 3 is 2.86 bits per heavy atom. The van der Waals surface area contributed by atoms with Gasteiger partial charge in [-0.15, -0.1) is 0 Å². The summed E-state index contributed by atoms with van der Waals surface area (Å²) in [6.07, 6.45) is 8.29. The summed E-state index contributed by atoms with van der Waals surface area (Å²) in [5, 5.41) is 28.4. The van der Waals surface area contributed by atoms with Crippen LogP contribution in [0.25, 0.3) is 10.9 Å². The molecule has 8 nitrogen and oxygen atoms in total. The van der Waals surface area contributed by atoms with Crippen LogP contribution in [0, 0.1) is 5.92 Å². The fourth-order valence-corrected chi connectivity index (χ4v) is 9.08. The van der Waals surface area contributed by atoms with E-state index in [1.165, 1.54) is 18.4 Å². The molecular weight excluding hydrogens is 540 g/mol. The Kier molecular flexibility index (Phi) is 5.40. The number of pyridine rings is 1. The number of piperidine rings is 1. The summed E-state index contributed by atoms with van der Waals surface area (Å²) in [6, 6.07) is 15.8. The first-order chi connectivity index (χ1) is 21.0. The Balaban J connectivity index is 1.13. The summed E-state index contributed by atoms with van der Waals surface area (Å²) >= 11 is 0. The zero-order valence-electron chi connectivity index (χ0n) is 24.1. The summed E-state index contributed by atoms with van der Waals surface area (Å²) in [7, 11) is 0. The molecule has 0 unspecified atom stereocenters. The number of aliphatic hydroxyl groups is 1. The van der Waals surface area contributed by atoms with Crippen LogP contribution < -0.4 is 10.1 Å². The van der Waals surface area contributed by atoms with Crippen molar-refractivity contribution < 1.29 is 19.7 Å². The van der Waals surface area contributed by atoms with E-state index in [1.807, 2.05) is 0 Å². The zero-order chi connectivity index (χ0) is 28.9. The Bertz CT molecular complexity index is 1780. The molecule has 3 N–H and O–H groups in total. The molecule has 2 fully saturated rings. The second-order valence-corrected chi connectivity index (χ2v) is 13.3. The van der Waals surface area contributed by atoms with Crippen LogP contribution in [0.4, 0.5) is 0 Å². The van der Waals surface area contributed by atoms with Gasteiger partial charge in [-0.1, -0.05) is 24.3 Å². The third-order valence-corrected chi connectivity index (χ3v) is 11.1. The van der Waals surface area contributed by atoms with E-state index in [4.69, 9.17) is 4.74 Å². The maximum absolute atomic E-state index is 13.1. The van der Waals surface area contributed by atoms with Gasteiger partial charge in [-0.2, -0.15) is 0 Å². The molecule has 0 radical (unpaired) electrons. The smallest absolute Gasteiger partial charge is 0.252 e. The van der Waals surface area contributed by atoms with Crippen LogP contribution in [-0.4, -0.2) is 61.8 Å². The van der Waals surface area contributed by atoms with E-state index >= 15 is 0 Å². The lowest BCUT2D eigenvalue weighted by molar-refractivity contribution is -0.173. The zero-order valence-corrected chi connectivity index (χ0v) is 24.1. The molecule has 2 aliphatic heterocycles. The van der Waals surface area contributed by atoms with Crippen molar-refractivity contribution in [1.82, 2.24) is 19.8 Å². The Morgan fingerprint density at radius 2 is 2.02 bits per heavy atom. The number of aromatic hydroxyl groups is 1. The van der Waals surface area contributed by atoms with Crippen LogP contribution in [0.3, 0.4) is 0 Å². The van der Waals surface area contributed by atoms with Gasteiger partial charge in [0.1, 0.15) is 0 Å². The Hall–Kier alpha value is -3.88. The summed E-state index contributed by atoms with van der Waals surface area (Å²) in [5.41, 5.74) is 4.57. The van der Waals surface area contributed by atoms with Crippen molar-refractivity contribution in [3.63, 3.8) is 0 Å². The average molecular weight is 577 g/mol. The number of carbonyl (C=O) groups excluding carboxylic acids is 1. The predicted octanol–water partition coefficient (Wildman–Crippen LogP) is 4.26. The number of para-hydroxylation sites is 1. The first-order valence-corrected chi connectivity index (χ1v) is 15.8. The van der Waals surface area contributed by atoms with Gasteiger partial charge >= 0.3 is 0 Å². The Labute approximate surface area is 250 Å². The summed E-state index contributed by atoms with van der Waals surface area (Å²) in [6.45, 7) is 3.20. The van der Waals surface area contributed by atoms with Gasteiger partial charge in [-0.3, -0.25) is 14.7 Å². The van der Waals surface area contributed by atoms with Crippen molar-refractivity contribution in [2.45, 2.75) is 68.2 Å². The molecule has 1 saturated carbocycles. The topological polar surface area (TPSA) is 99.9 Å². The highest BCUT2D eigenvalue weighted by molar-refractivity contribution is 5.93. The van der Waals surface area contributed by atoms with Crippen LogP contribution in [0.5, 0.6) is 11.5 Å². The fraction of sp³-hybridized carbons (Fsp3) is 0.429. The van der Waals surface area contributed by atoms with Gasteiger partial charge < -0.3 is 24.8 Å². The van der Waals surface area contributed by atoms with E-state index in [0.29, 0.717) is 30.8 Å². The number of nitrogens with one attached hydrogen (secondary N) is 1. The first kappa shape index (κ1) is 25.6. The minimum absolute atomic E-state index is 0.00824. The molecule has 2 aromatic carbocycles. The number of phenols is 1. The minimum Gasteiger partial charge on any atom is -0.504 e. The van der Waals surface area contributed by atoms with Gasteiger partial charge in [0, 0.05) is 61.0 Å². The van der Waals surface area contributed by atoms with Gasteiger partial charge in [0.15, 0.2) is 17.6 Å². The number of amides is 1. The van der Waals surface area contributed by atoms with Crippen LogP contribution in [0.1, 0.15) is 64.5 Å². The number of aryl methyl sites for hydroxylation is 1. The number of aromatic nitrogens is 2. The molecule has 4 heterocycles. The monoisotopic (exact) mass is 576 g/mol. The van der Waals surface area contributed by atoms with Crippen LogP contribution in [-0.2, 0) is 24.8 Å². The molecular formula is C35H36N4O4. The number of benzene rings is 2. The van der Waals surface area contributed by atoms with Crippen molar-refractivity contribution in [2.75, 3.05) is 19.6 Å². The highest BCUT2D eigenvalue weighted by atomic mass is 16.5. The van der Waals surface area contributed by atoms with Gasteiger partial charge in [-0.05, 0) is 80.0 Å². The van der Waals surface area contributed by atoms with Gasteiger partial charge in [0.25, 0.3) is 5.91 Å². The van der Waals surface area contributed by atoms with Crippen molar-refractivity contribution in [3.8, 4) is 11.5 Å². The highest BCUT2D eigenvalue weighted by Gasteiger charge is 2.73. The number of carbonyl (C=O) groups is 1. The lowest BCUT2D eigenvalue weighted by atomic mass is 9.49. The van der Waals surface area contributed by atoms with Crippen LogP contribution in [0.15, 0.2) is 60.9 Å². The van der Waals surface area contributed by atoms with E-state index in [0.717, 1.165) is 66.0 Å². The molecule has 220 valence electrons. The highest BCUT2D eigenvalue weighted by Crippen LogP contribution is 2.69. The number of ether oxygens (including phenoxy) is 1. The predicted molar refractivity (Wildman–Crippen MR) is 161 cm³/mol. The number of phenolic OH excluding ortho intramolecular Hbond substituents is 1. The normalized spacial score (nSPS) is 28.3. The summed E-state index contributed by atoms with van der Waals surface area (Å²) in [4.78, 5) is 19.3. The van der Waals surface area contributed by atoms with Gasteiger partial charge in [0.2, 0.25) is 0 Å². The van der Waals surface area contributed by atoms with E-state index in [9.17, 15) is 15.0 Å². The van der Waals surface area contributed by atoms with Crippen molar-refractivity contribution in [1.29, 1.82) is 0 Å². The maximum Gasteiger partial charge on any atom is 0.252 e. The molecule has 4 aromatic rings. The second-order valence-electron chi connectivity index (χ2n) is 13.3. The van der Waals surface area contributed by atoms with E-state index < -0.39 is 17.1 Å². The second kappa shape index (κ2) is 9.07. The molecule has 1 spiro atoms. The number of fused-ring (bicyclic) bond motifs is 4. The maximum atomic E-state index is 13.1. The molecule has 1 amide bonds. The van der Waals surface area contributed by atoms with E-state index in [1.54, 1.807) is 30.6 Å². The summed E-state index contributed by atoms with van der Waals surface area (Å²) < 4.78 is 9.24. The van der Waals surface area contributed by atoms with Gasteiger partial charge in [0.05, 0.1) is 22.3 Å². The average Bonchev–Trinajstić information content (AvgIpc) is 3.70. The standard InChI is InChI=1S/C35H36N4O4/c40-27-11-10-22-17-28-35(42)18-25-24-6-1-2-7-26(24)39(15-4-14-37-33(41)23-5-3-13-36-19-23)30(25)32-34(35,29(22)31(27)43-32)12-16-38(28)20-21-8-9-21/h1-3,5-7,10-11,13,19,21,28,32,40,42H,4,8-9,12,14-18,20H2,(H,37,41)/t28-,32+,34+,35-/m1/s1. The van der Waals surface area contributed by atoms with E-state index in [2.05, 4.69) is 50.1 Å². The van der Waals surface area contributed by atoms with Crippen molar-refractivity contribution >= 4 is 16.8 Å². The number of hydrogen-bond donors (Lipinski definition) is 3. The molecule has 2 aromatic heterocycles. The number of nitrogens with zero attached hydrogens (tertiary/aromatic N) is 3. The van der Waals surface area contributed by atoms with Crippen molar-refractivity contribution in [2.24, 2.45) is 5.92 Å². The largest absolute Gasteiger partial charge is 0.504 e. The van der Waals surface area contributed by atoms with Crippen molar-refractivity contribution in [3.05, 3.63) is 88.9 Å². The first-order valence-electron chi connectivity index (χ1n) is 15.8. The molecule has 1 saturated heterocycles. The SMILES string of the molecule is O=C(NCCCn1c2c(c3ccccc31)C[C@@]1(O)[C@H]3Cc4ccc(O)c5c4[C@@]1(CCN3CC1CC1)[C@H]2O5)c1cccnc1. The molecule has 4 atom stereocenters. The van der Waals surface area contributed by atoms with Gasteiger partial charge in [-0.25, -0.2) is 0 Å². The fourth-order valence-electron chi connectivity index (χ4n) is 9.08. The molecule has 5 aliphatic rings. The Morgan fingerprint density at radius 1 is 1.14 bits per heavy atom. The molecule has 9 rings (SSSR count). The number of hydrogen-bond acceptors (Lipinski definition) is 6. The third kappa shape index (κ3) is 3.45. The van der Waals surface area contributed by atoms with E-state index in [-0.39, 0.29) is 17.7 Å². The lowest BCUT2D eigenvalue weighted by Gasteiger charge is -2.63. The molecule has 43 heavy (non-hydrogen) atoms. The summed E-state index contributed by atoms with van der Waals surface area (Å²) in [5.74, 6) is 1.33.